The summed E-state index contributed by atoms with van der Waals surface area (Å²) in [6.45, 7) is 24.0. The fraction of sp³-hybridized carbons (Fsp3) is 0.833. The lowest BCUT2D eigenvalue weighted by molar-refractivity contribution is -0.153. The van der Waals surface area contributed by atoms with Crippen LogP contribution in [0.15, 0.2) is 12.2 Å². The van der Waals surface area contributed by atoms with E-state index in [4.69, 9.17) is 9.16 Å². The van der Waals surface area contributed by atoms with Crippen LogP contribution in [0, 0.1) is 5.41 Å². The smallest absolute Gasteiger partial charge is 0.311 e. The molecule has 0 spiro atoms. The van der Waals surface area contributed by atoms with Crippen LogP contribution in [0.2, 0.25) is 45.3 Å². The van der Waals surface area contributed by atoms with Crippen molar-refractivity contribution in [3.63, 3.8) is 0 Å². The van der Waals surface area contributed by atoms with Crippen LogP contribution in [0.5, 0.6) is 0 Å². The van der Waals surface area contributed by atoms with Crippen molar-refractivity contribution in [2.24, 2.45) is 5.41 Å². The van der Waals surface area contributed by atoms with E-state index in [1.807, 2.05) is 20.8 Å². The summed E-state index contributed by atoms with van der Waals surface area (Å²) in [7, 11) is -2.78. The Labute approximate surface area is 146 Å². The molecule has 0 radical (unpaired) electrons. The number of esters is 1. The minimum absolute atomic E-state index is 0.110. The summed E-state index contributed by atoms with van der Waals surface area (Å²) in [6.07, 6.45) is 1.73. The molecule has 0 aliphatic carbocycles. The Balaban J connectivity index is 4.59. The second-order valence-electron chi connectivity index (χ2n) is 9.72. The Hall–Kier alpha value is -0.396. The molecular formula is C18H38O3Si2. The molecule has 0 fully saturated rings. The van der Waals surface area contributed by atoms with E-state index in [9.17, 15) is 4.79 Å². The summed E-state index contributed by atoms with van der Waals surface area (Å²) < 4.78 is 11.7. The van der Waals surface area contributed by atoms with Crippen molar-refractivity contribution in [1.29, 1.82) is 0 Å². The minimum atomic E-state index is -1.63. The zero-order valence-corrected chi connectivity index (χ0v) is 18.8. The van der Waals surface area contributed by atoms with Gasteiger partial charge in [-0.2, -0.15) is 0 Å². The quantitative estimate of drug-likeness (QED) is 0.311. The van der Waals surface area contributed by atoms with Gasteiger partial charge in [-0.05, 0) is 52.9 Å². The van der Waals surface area contributed by atoms with Crippen LogP contribution in [0.4, 0.5) is 0 Å². The number of hydrogen-bond donors (Lipinski definition) is 0. The van der Waals surface area contributed by atoms with Crippen molar-refractivity contribution < 1.29 is 14.0 Å². The molecule has 5 heteroatoms. The van der Waals surface area contributed by atoms with E-state index in [-0.39, 0.29) is 12.1 Å². The fourth-order valence-electron chi connectivity index (χ4n) is 2.35. The summed E-state index contributed by atoms with van der Waals surface area (Å²) in [5.74, 6) is -0.148. The van der Waals surface area contributed by atoms with E-state index >= 15 is 0 Å². The Morgan fingerprint density at radius 1 is 1.09 bits per heavy atom. The maximum absolute atomic E-state index is 11.9. The summed E-state index contributed by atoms with van der Waals surface area (Å²) in [5, 5.41) is 0. The first kappa shape index (κ1) is 22.6. The zero-order chi connectivity index (χ0) is 18.5. The van der Waals surface area contributed by atoms with Crippen molar-refractivity contribution in [2.45, 2.75) is 85.0 Å². The minimum Gasteiger partial charge on any atom is -0.465 e. The van der Waals surface area contributed by atoms with Gasteiger partial charge in [-0.1, -0.05) is 25.2 Å². The molecule has 0 aliphatic heterocycles. The lowest BCUT2D eigenvalue weighted by Gasteiger charge is -2.28. The van der Waals surface area contributed by atoms with Gasteiger partial charge in [-0.15, -0.1) is 6.58 Å². The van der Waals surface area contributed by atoms with Gasteiger partial charge in [0, 0.05) is 14.5 Å². The van der Waals surface area contributed by atoms with E-state index in [2.05, 4.69) is 45.9 Å². The van der Waals surface area contributed by atoms with Crippen molar-refractivity contribution in [3.05, 3.63) is 12.2 Å². The van der Waals surface area contributed by atoms with Gasteiger partial charge in [0.15, 0.2) is 8.32 Å². The molecular weight excluding hydrogens is 320 g/mol. The topological polar surface area (TPSA) is 35.5 Å². The van der Waals surface area contributed by atoms with Gasteiger partial charge < -0.3 is 9.16 Å². The highest BCUT2D eigenvalue weighted by Crippen LogP contribution is 2.23. The van der Waals surface area contributed by atoms with Crippen LogP contribution in [-0.4, -0.2) is 35.1 Å². The van der Waals surface area contributed by atoms with E-state index in [0.29, 0.717) is 6.61 Å². The van der Waals surface area contributed by atoms with Crippen LogP contribution in [0.3, 0.4) is 0 Å². The van der Waals surface area contributed by atoms with Gasteiger partial charge >= 0.3 is 5.97 Å². The Morgan fingerprint density at radius 2 is 1.61 bits per heavy atom. The average Bonchev–Trinajstić information content (AvgIpc) is 2.21. The van der Waals surface area contributed by atoms with Crippen LogP contribution >= 0.6 is 0 Å². The van der Waals surface area contributed by atoms with Crippen molar-refractivity contribution in [3.8, 4) is 0 Å². The maximum atomic E-state index is 11.9. The first-order valence-electron chi connectivity index (χ1n) is 8.62. The number of ether oxygens (including phenoxy) is 1. The predicted molar refractivity (Wildman–Crippen MR) is 105 cm³/mol. The highest BCUT2D eigenvalue weighted by molar-refractivity contribution is 6.76. The maximum Gasteiger partial charge on any atom is 0.311 e. The molecule has 0 N–H and O–H groups in total. The third-order valence-corrected chi connectivity index (χ3v) is 5.70. The molecule has 0 rings (SSSR count). The van der Waals surface area contributed by atoms with E-state index in [1.54, 1.807) is 0 Å². The SMILES string of the molecule is C=C(C[C@H](CCOC(=O)C(C)(C)C)O[Si](C)(C)C)C[Si](C)(C)C. The van der Waals surface area contributed by atoms with Gasteiger partial charge in [0.25, 0.3) is 0 Å². The summed E-state index contributed by atoms with van der Waals surface area (Å²) in [5.41, 5.74) is 0.825. The van der Waals surface area contributed by atoms with Crippen molar-refractivity contribution in [1.82, 2.24) is 0 Å². The molecule has 0 amide bonds. The lowest BCUT2D eigenvalue weighted by Crippen LogP contribution is -2.34. The molecule has 0 aliphatic rings. The van der Waals surface area contributed by atoms with Gasteiger partial charge in [0.2, 0.25) is 0 Å². The first-order valence-corrected chi connectivity index (χ1v) is 15.7. The lowest BCUT2D eigenvalue weighted by atomic mass is 9.97. The van der Waals surface area contributed by atoms with Crippen LogP contribution in [0.1, 0.15) is 33.6 Å². The number of carbonyl (C=O) groups is 1. The second-order valence-corrected chi connectivity index (χ2v) is 19.7. The van der Waals surface area contributed by atoms with Crippen LogP contribution < -0.4 is 0 Å². The molecule has 23 heavy (non-hydrogen) atoms. The Kier molecular flexibility index (Phi) is 8.48. The van der Waals surface area contributed by atoms with E-state index < -0.39 is 21.8 Å². The fourth-order valence-corrected chi connectivity index (χ4v) is 5.19. The van der Waals surface area contributed by atoms with Gasteiger partial charge in [0.05, 0.1) is 18.1 Å². The van der Waals surface area contributed by atoms with Gasteiger partial charge in [-0.25, -0.2) is 0 Å². The van der Waals surface area contributed by atoms with E-state index in [0.717, 1.165) is 18.9 Å². The third kappa shape index (κ3) is 12.7. The molecule has 0 aromatic heterocycles. The number of hydrogen-bond acceptors (Lipinski definition) is 3. The molecule has 0 aromatic rings. The summed E-state index contributed by atoms with van der Waals surface area (Å²) in [4.78, 5) is 11.9. The molecule has 0 heterocycles. The normalized spacial score (nSPS) is 14.5. The summed E-state index contributed by atoms with van der Waals surface area (Å²) in [6, 6.07) is 1.13. The standard InChI is InChI=1S/C18H38O3Si2/c1-15(14-22(5,6)7)13-16(21-23(8,9)10)11-12-20-17(19)18(2,3)4/h16H,1,11-14H2,2-10H3/t16-/m0/s1. The molecule has 3 nitrogen and oxygen atoms in total. The average molecular weight is 359 g/mol. The Morgan fingerprint density at radius 3 is 2.00 bits per heavy atom. The molecule has 0 unspecified atom stereocenters. The van der Waals surface area contributed by atoms with E-state index in [1.165, 1.54) is 5.57 Å². The Bertz CT molecular complexity index is 398. The molecule has 136 valence electrons. The van der Waals surface area contributed by atoms with Crippen LogP contribution in [0.25, 0.3) is 0 Å². The number of carbonyl (C=O) groups excluding carboxylic acids is 1. The first-order chi connectivity index (χ1) is 10.1. The molecule has 0 saturated heterocycles. The van der Waals surface area contributed by atoms with Gasteiger partial charge in [0.1, 0.15) is 0 Å². The molecule has 0 aromatic carbocycles. The third-order valence-electron chi connectivity index (χ3n) is 3.10. The predicted octanol–water partition coefficient (Wildman–Crippen LogP) is 5.47. The second kappa shape index (κ2) is 8.63. The summed E-state index contributed by atoms with van der Waals surface area (Å²) >= 11 is 0. The molecule has 1 atom stereocenters. The molecule has 0 saturated carbocycles. The highest BCUT2D eigenvalue weighted by Gasteiger charge is 2.26. The van der Waals surface area contributed by atoms with Gasteiger partial charge in [-0.3, -0.25) is 4.79 Å². The van der Waals surface area contributed by atoms with Crippen LogP contribution in [-0.2, 0) is 14.0 Å². The molecule has 0 bridgehead atoms. The van der Waals surface area contributed by atoms with Crippen molar-refractivity contribution in [2.75, 3.05) is 6.61 Å². The number of rotatable bonds is 9. The highest BCUT2D eigenvalue weighted by atomic mass is 28.4. The largest absolute Gasteiger partial charge is 0.465 e. The zero-order valence-electron chi connectivity index (χ0n) is 16.8. The monoisotopic (exact) mass is 358 g/mol. The van der Waals surface area contributed by atoms with Crippen molar-refractivity contribution >= 4 is 22.4 Å².